The number of carbonyl (C=O) groups is 1. The maximum Gasteiger partial charge on any atom is 0.269 e. The third-order valence-corrected chi connectivity index (χ3v) is 5.53. The van der Waals surface area contributed by atoms with Gasteiger partial charge in [0.25, 0.3) is 5.91 Å². The van der Waals surface area contributed by atoms with E-state index in [0.717, 1.165) is 36.6 Å². The molecule has 6 nitrogen and oxygen atoms in total. The average molecular weight is 341 g/mol. The fraction of sp³-hybridized carbons (Fsp3) is 0.353. The second kappa shape index (κ2) is 6.24. The summed E-state index contributed by atoms with van der Waals surface area (Å²) in [5.41, 5.74) is 1.66. The number of para-hydroxylation sites is 1. The first-order chi connectivity index (χ1) is 11.7. The molecule has 24 heavy (non-hydrogen) atoms. The molecular weight excluding hydrogens is 322 g/mol. The van der Waals surface area contributed by atoms with Gasteiger partial charge in [0.05, 0.1) is 10.2 Å². The molecule has 2 aromatic heterocycles. The van der Waals surface area contributed by atoms with Crippen molar-refractivity contribution in [1.82, 2.24) is 20.1 Å². The molecule has 0 spiro atoms. The van der Waals surface area contributed by atoms with Crippen LogP contribution in [-0.2, 0) is 7.05 Å². The number of anilines is 1. The third kappa shape index (κ3) is 2.87. The Morgan fingerprint density at radius 1 is 1.25 bits per heavy atom. The van der Waals surface area contributed by atoms with Crippen molar-refractivity contribution in [2.24, 2.45) is 7.05 Å². The minimum absolute atomic E-state index is 0.0477. The molecule has 4 rings (SSSR count). The highest BCUT2D eigenvalue weighted by molar-refractivity contribution is 7.22. The van der Waals surface area contributed by atoms with Crippen LogP contribution >= 0.6 is 11.3 Å². The van der Waals surface area contributed by atoms with Crippen LogP contribution in [0.4, 0.5) is 5.13 Å². The summed E-state index contributed by atoms with van der Waals surface area (Å²) in [6.07, 6.45) is 3.50. The molecule has 7 heteroatoms. The zero-order chi connectivity index (χ0) is 16.5. The first kappa shape index (κ1) is 15.1. The number of fused-ring (bicyclic) bond motifs is 1. The zero-order valence-electron chi connectivity index (χ0n) is 13.5. The lowest BCUT2D eigenvalue weighted by Crippen LogP contribution is -2.45. The van der Waals surface area contributed by atoms with Gasteiger partial charge in [0, 0.05) is 32.4 Å². The second-order valence-corrected chi connectivity index (χ2v) is 7.05. The topological polar surface area (TPSA) is 63.1 Å². The van der Waals surface area contributed by atoms with Crippen LogP contribution in [0.5, 0.6) is 0 Å². The molecule has 1 N–H and O–H groups in total. The van der Waals surface area contributed by atoms with Gasteiger partial charge in [0.1, 0.15) is 5.69 Å². The fourth-order valence-electron chi connectivity index (χ4n) is 3.07. The normalized spacial score (nSPS) is 15.8. The molecule has 0 aliphatic carbocycles. The third-order valence-electron chi connectivity index (χ3n) is 4.44. The fourth-order valence-corrected chi connectivity index (χ4v) is 4.08. The molecule has 0 unspecified atom stereocenters. The minimum atomic E-state index is -0.0477. The number of aryl methyl sites for hydroxylation is 1. The Morgan fingerprint density at radius 2 is 2.04 bits per heavy atom. The van der Waals surface area contributed by atoms with Gasteiger partial charge in [0.2, 0.25) is 0 Å². The van der Waals surface area contributed by atoms with E-state index in [1.165, 1.54) is 4.70 Å². The van der Waals surface area contributed by atoms with E-state index in [1.807, 2.05) is 12.1 Å². The molecule has 1 aromatic carbocycles. The monoisotopic (exact) mass is 341 g/mol. The van der Waals surface area contributed by atoms with E-state index in [0.29, 0.717) is 5.69 Å². The van der Waals surface area contributed by atoms with Crippen LogP contribution in [0.3, 0.4) is 0 Å². The van der Waals surface area contributed by atoms with Crippen LogP contribution in [0.2, 0.25) is 0 Å². The van der Waals surface area contributed by atoms with Crippen molar-refractivity contribution >= 4 is 32.6 Å². The lowest BCUT2D eigenvalue weighted by Gasteiger charge is -2.32. The van der Waals surface area contributed by atoms with Crippen molar-refractivity contribution in [1.29, 1.82) is 0 Å². The lowest BCUT2D eigenvalue weighted by molar-refractivity contribution is 0.0921. The van der Waals surface area contributed by atoms with Crippen molar-refractivity contribution in [2.45, 2.75) is 18.9 Å². The summed E-state index contributed by atoms with van der Waals surface area (Å²) in [6.45, 7) is 1.83. The number of hydrogen-bond acceptors (Lipinski definition) is 5. The largest absolute Gasteiger partial charge is 0.348 e. The Bertz CT molecular complexity index is 830. The smallest absolute Gasteiger partial charge is 0.269 e. The van der Waals surface area contributed by atoms with E-state index < -0.39 is 0 Å². The van der Waals surface area contributed by atoms with Crippen molar-refractivity contribution in [3.05, 3.63) is 42.2 Å². The molecule has 1 aliphatic rings. The number of thiazole rings is 1. The SMILES string of the molecule is Cn1nccc1C(=O)NC1CCN(c2nc3ccccc3s2)CC1. The van der Waals surface area contributed by atoms with Gasteiger partial charge < -0.3 is 10.2 Å². The molecular formula is C17H19N5OS. The number of rotatable bonds is 3. The van der Waals surface area contributed by atoms with Gasteiger partial charge in [-0.2, -0.15) is 5.10 Å². The molecule has 0 atom stereocenters. The summed E-state index contributed by atoms with van der Waals surface area (Å²) in [6, 6.07) is 10.2. The molecule has 1 saturated heterocycles. The predicted molar refractivity (Wildman–Crippen MR) is 95.5 cm³/mol. The summed E-state index contributed by atoms with van der Waals surface area (Å²) < 4.78 is 2.82. The first-order valence-corrected chi connectivity index (χ1v) is 8.92. The molecule has 124 valence electrons. The Hall–Kier alpha value is -2.41. The number of aromatic nitrogens is 3. The number of carbonyl (C=O) groups excluding carboxylic acids is 1. The molecule has 1 aliphatic heterocycles. The van der Waals surface area contributed by atoms with E-state index in [2.05, 4.69) is 27.4 Å². The quantitative estimate of drug-likeness (QED) is 0.795. The van der Waals surface area contributed by atoms with Crippen LogP contribution in [0.15, 0.2) is 36.5 Å². The van der Waals surface area contributed by atoms with Gasteiger partial charge in [-0.25, -0.2) is 4.98 Å². The van der Waals surface area contributed by atoms with Crippen molar-refractivity contribution in [3.8, 4) is 0 Å². The van der Waals surface area contributed by atoms with Crippen molar-refractivity contribution in [2.75, 3.05) is 18.0 Å². The first-order valence-electron chi connectivity index (χ1n) is 8.10. The van der Waals surface area contributed by atoms with E-state index in [4.69, 9.17) is 4.98 Å². The Balaban J connectivity index is 1.38. The van der Waals surface area contributed by atoms with E-state index >= 15 is 0 Å². The molecule has 0 bridgehead atoms. The van der Waals surface area contributed by atoms with Gasteiger partial charge in [0.15, 0.2) is 5.13 Å². The van der Waals surface area contributed by atoms with Crippen molar-refractivity contribution in [3.63, 3.8) is 0 Å². The van der Waals surface area contributed by atoms with Gasteiger partial charge in [-0.1, -0.05) is 23.5 Å². The summed E-state index contributed by atoms with van der Waals surface area (Å²) >= 11 is 1.73. The summed E-state index contributed by atoms with van der Waals surface area (Å²) in [5, 5.41) is 8.24. The highest BCUT2D eigenvalue weighted by atomic mass is 32.1. The van der Waals surface area contributed by atoms with Crippen LogP contribution in [0, 0.1) is 0 Å². The number of amides is 1. The summed E-state index contributed by atoms with van der Waals surface area (Å²) in [4.78, 5) is 19.3. The maximum absolute atomic E-state index is 12.3. The highest BCUT2D eigenvalue weighted by Gasteiger charge is 2.23. The van der Waals surface area contributed by atoms with Crippen LogP contribution in [0.25, 0.3) is 10.2 Å². The Kier molecular flexibility index (Phi) is 3.93. The second-order valence-electron chi connectivity index (χ2n) is 6.04. The Labute approximate surface area is 144 Å². The van der Waals surface area contributed by atoms with Crippen molar-refractivity contribution < 1.29 is 4.79 Å². The average Bonchev–Trinajstić information content (AvgIpc) is 3.21. The van der Waals surface area contributed by atoms with Gasteiger partial charge in [-0.15, -0.1) is 0 Å². The maximum atomic E-state index is 12.3. The number of benzene rings is 1. The van der Waals surface area contributed by atoms with Gasteiger partial charge >= 0.3 is 0 Å². The van der Waals surface area contributed by atoms with E-state index in [9.17, 15) is 4.79 Å². The molecule has 1 fully saturated rings. The Morgan fingerprint density at radius 3 is 2.75 bits per heavy atom. The zero-order valence-corrected chi connectivity index (χ0v) is 14.3. The highest BCUT2D eigenvalue weighted by Crippen LogP contribution is 2.30. The molecule has 0 radical (unpaired) electrons. The molecule has 3 heterocycles. The van der Waals surface area contributed by atoms with E-state index in [1.54, 1.807) is 35.3 Å². The van der Waals surface area contributed by atoms with Crippen LogP contribution in [-0.4, -0.2) is 39.8 Å². The summed E-state index contributed by atoms with van der Waals surface area (Å²) in [5.74, 6) is -0.0477. The van der Waals surface area contributed by atoms with Crippen LogP contribution in [0.1, 0.15) is 23.3 Å². The number of nitrogens with one attached hydrogen (secondary N) is 1. The van der Waals surface area contributed by atoms with Gasteiger partial charge in [-0.05, 0) is 31.0 Å². The predicted octanol–water partition coefficient (Wildman–Crippen LogP) is 2.43. The van der Waals surface area contributed by atoms with Gasteiger partial charge in [-0.3, -0.25) is 9.48 Å². The molecule has 0 saturated carbocycles. The molecule has 3 aromatic rings. The lowest BCUT2D eigenvalue weighted by atomic mass is 10.1. The standard InChI is InChI=1S/C17H19N5OS/c1-21-14(6-9-18-21)16(23)19-12-7-10-22(11-8-12)17-20-13-4-2-3-5-15(13)24-17/h2-6,9,12H,7-8,10-11H2,1H3,(H,19,23). The van der Waals surface area contributed by atoms with Crippen LogP contribution < -0.4 is 10.2 Å². The molecule has 1 amide bonds. The van der Waals surface area contributed by atoms with E-state index in [-0.39, 0.29) is 11.9 Å². The number of hydrogen-bond donors (Lipinski definition) is 1. The number of nitrogens with zero attached hydrogens (tertiary/aromatic N) is 4. The number of piperidine rings is 1. The summed E-state index contributed by atoms with van der Waals surface area (Å²) in [7, 11) is 1.78. The minimum Gasteiger partial charge on any atom is -0.348 e.